The van der Waals surface area contributed by atoms with E-state index >= 15 is 0 Å². The fraction of sp³-hybridized carbons (Fsp3) is 0.444. The number of carbonyl (C=O) groups is 1. The molecule has 26 heavy (non-hydrogen) atoms. The third-order valence-electron chi connectivity index (χ3n) is 4.55. The highest BCUT2D eigenvalue weighted by molar-refractivity contribution is 6.00. The van der Waals surface area contributed by atoms with Crippen molar-refractivity contribution in [3.05, 3.63) is 42.1 Å². The van der Waals surface area contributed by atoms with Crippen LogP contribution in [-0.4, -0.2) is 64.4 Å². The Bertz CT molecular complexity index is 750. The summed E-state index contributed by atoms with van der Waals surface area (Å²) in [6.45, 7) is 4.40. The molecule has 0 spiro atoms. The summed E-state index contributed by atoms with van der Waals surface area (Å²) >= 11 is 0. The molecule has 2 aromatic rings. The van der Waals surface area contributed by atoms with E-state index in [0.29, 0.717) is 18.7 Å². The van der Waals surface area contributed by atoms with Gasteiger partial charge in [-0.15, -0.1) is 0 Å². The average molecular weight is 366 g/mol. The molecule has 0 atom stereocenters. The molecule has 1 aliphatic rings. The van der Waals surface area contributed by atoms with Gasteiger partial charge in [-0.3, -0.25) is 9.48 Å². The summed E-state index contributed by atoms with van der Waals surface area (Å²) in [6, 6.07) is 8.62. The minimum Gasteiger partial charge on any atom is -0.336 e. The Morgan fingerprint density at radius 2 is 1.77 bits per heavy atom. The van der Waals surface area contributed by atoms with Crippen LogP contribution in [0.3, 0.4) is 0 Å². The van der Waals surface area contributed by atoms with Gasteiger partial charge in [-0.1, -0.05) is 37.3 Å². The number of alkyl halides is 3. The van der Waals surface area contributed by atoms with Crippen molar-refractivity contribution in [3.8, 4) is 11.3 Å². The Hall–Kier alpha value is -2.35. The molecule has 2 heterocycles. The van der Waals surface area contributed by atoms with Gasteiger partial charge in [0.25, 0.3) is 5.91 Å². The summed E-state index contributed by atoms with van der Waals surface area (Å²) in [5, 5.41) is 3.86. The van der Waals surface area contributed by atoms with Crippen LogP contribution in [0.4, 0.5) is 13.2 Å². The number of carbonyl (C=O) groups excluding carboxylic acids is 1. The molecule has 0 saturated carbocycles. The molecule has 0 unspecified atom stereocenters. The standard InChI is InChI=1S/C18H21F3N4O/c1-2-23-8-10-24(11-9-23)17(26)15-12-22-25(13-18(19,20)21)16(15)14-6-4-3-5-7-14/h3-7,12H,2,8-11,13H2,1H3. The molecule has 1 saturated heterocycles. The number of nitrogens with zero attached hydrogens (tertiary/aromatic N) is 4. The van der Waals surface area contributed by atoms with Gasteiger partial charge in [0, 0.05) is 31.7 Å². The Kier molecular flexibility index (Phi) is 5.31. The Morgan fingerprint density at radius 3 is 2.35 bits per heavy atom. The normalized spacial score (nSPS) is 16.1. The Labute approximate surface area is 150 Å². The third-order valence-corrected chi connectivity index (χ3v) is 4.55. The van der Waals surface area contributed by atoms with E-state index in [0.717, 1.165) is 24.3 Å². The van der Waals surface area contributed by atoms with Gasteiger partial charge in [0.2, 0.25) is 0 Å². The zero-order valence-electron chi connectivity index (χ0n) is 14.5. The maximum Gasteiger partial charge on any atom is 0.408 e. The SMILES string of the molecule is CCN1CCN(C(=O)c2cnn(CC(F)(F)F)c2-c2ccccc2)CC1. The number of amides is 1. The molecule has 140 valence electrons. The second-order valence-electron chi connectivity index (χ2n) is 6.27. The summed E-state index contributed by atoms with van der Waals surface area (Å²) in [5.74, 6) is -0.270. The predicted molar refractivity (Wildman–Crippen MR) is 91.7 cm³/mol. The molecule has 0 radical (unpaired) electrons. The molecule has 1 aromatic carbocycles. The van der Waals surface area contributed by atoms with Gasteiger partial charge in [0.15, 0.2) is 0 Å². The first-order valence-electron chi connectivity index (χ1n) is 8.58. The molecule has 8 heteroatoms. The summed E-state index contributed by atoms with van der Waals surface area (Å²) in [6.07, 6.45) is -3.16. The van der Waals surface area contributed by atoms with E-state index in [1.165, 1.54) is 6.20 Å². The van der Waals surface area contributed by atoms with Crippen molar-refractivity contribution in [2.24, 2.45) is 0 Å². The first-order valence-corrected chi connectivity index (χ1v) is 8.58. The number of hydrogen-bond acceptors (Lipinski definition) is 3. The number of hydrogen-bond donors (Lipinski definition) is 0. The van der Waals surface area contributed by atoms with Crippen molar-refractivity contribution >= 4 is 5.91 Å². The molecule has 3 rings (SSSR count). The van der Waals surface area contributed by atoms with Gasteiger partial charge in [-0.25, -0.2) is 0 Å². The molecule has 0 aliphatic carbocycles. The number of aromatic nitrogens is 2. The fourth-order valence-corrected chi connectivity index (χ4v) is 3.17. The van der Waals surface area contributed by atoms with Crippen LogP contribution in [0.25, 0.3) is 11.3 Å². The Balaban J connectivity index is 1.93. The van der Waals surface area contributed by atoms with Crippen LogP contribution in [0.2, 0.25) is 0 Å². The summed E-state index contributed by atoms with van der Waals surface area (Å²) in [5.41, 5.74) is 0.973. The number of likely N-dealkylation sites (N-methyl/N-ethyl adjacent to an activating group) is 1. The summed E-state index contributed by atoms with van der Waals surface area (Å²) < 4.78 is 39.6. The zero-order valence-corrected chi connectivity index (χ0v) is 14.5. The van der Waals surface area contributed by atoms with Crippen molar-refractivity contribution in [2.45, 2.75) is 19.6 Å². The lowest BCUT2D eigenvalue weighted by Gasteiger charge is -2.34. The molecular formula is C18H21F3N4O. The van der Waals surface area contributed by atoms with E-state index in [2.05, 4.69) is 16.9 Å². The number of halogens is 3. The van der Waals surface area contributed by atoms with E-state index < -0.39 is 12.7 Å². The van der Waals surface area contributed by atoms with Crippen LogP contribution < -0.4 is 0 Å². The topological polar surface area (TPSA) is 41.4 Å². The third kappa shape index (κ3) is 4.07. The number of piperazine rings is 1. The maximum absolute atomic E-state index is 12.9. The minimum absolute atomic E-state index is 0.213. The number of benzene rings is 1. The predicted octanol–water partition coefficient (Wildman–Crippen LogP) is 2.89. The van der Waals surface area contributed by atoms with Gasteiger partial charge in [0.05, 0.1) is 17.5 Å². The second kappa shape index (κ2) is 7.49. The first kappa shape index (κ1) is 18.4. The molecule has 1 aliphatic heterocycles. The van der Waals surface area contributed by atoms with Crippen LogP contribution in [-0.2, 0) is 6.54 Å². The van der Waals surface area contributed by atoms with E-state index in [9.17, 15) is 18.0 Å². The van der Waals surface area contributed by atoms with Gasteiger partial charge in [-0.2, -0.15) is 18.3 Å². The van der Waals surface area contributed by atoms with Gasteiger partial charge in [0.1, 0.15) is 6.54 Å². The monoisotopic (exact) mass is 366 g/mol. The highest BCUT2D eigenvalue weighted by atomic mass is 19.4. The van der Waals surface area contributed by atoms with Crippen molar-refractivity contribution in [1.29, 1.82) is 0 Å². The average Bonchev–Trinajstić information content (AvgIpc) is 3.03. The molecule has 1 aromatic heterocycles. The Morgan fingerprint density at radius 1 is 1.12 bits per heavy atom. The van der Waals surface area contributed by atoms with Gasteiger partial charge in [-0.05, 0) is 6.54 Å². The quantitative estimate of drug-likeness (QED) is 0.836. The van der Waals surface area contributed by atoms with Crippen molar-refractivity contribution in [3.63, 3.8) is 0 Å². The molecule has 1 fully saturated rings. The van der Waals surface area contributed by atoms with Gasteiger partial charge < -0.3 is 9.80 Å². The first-order chi connectivity index (χ1) is 12.4. The fourth-order valence-electron chi connectivity index (χ4n) is 3.17. The lowest BCUT2D eigenvalue weighted by Crippen LogP contribution is -2.48. The summed E-state index contributed by atoms with van der Waals surface area (Å²) in [4.78, 5) is 16.9. The van der Waals surface area contributed by atoms with Crippen LogP contribution in [0, 0.1) is 0 Å². The smallest absolute Gasteiger partial charge is 0.336 e. The zero-order chi connectivity index (χ0) is 18.7. The maximum atomic E-state index is 12.9. The van der Waals surface area contributed by atoms with Crippen molar-refractivity contribution < 1.29 is 18.0 Å². The summed E-state index contributed by atoms with van der Waals surface area (Å²) in [7, 11) is 0. The van der Waals surface area contributed by atoms with Crippen LogP contribution in [0.15, 0.2) is 36.5 Å². The molecule has 5 nitrogen and oxygen atoms in total. The lowest BCUT2D eigenvalue weighted by molar-refractivity contribution is -0.142. The highest BCUT2D eigenvalue weighted by Crippen LogP contribution is 2.28. The van der Waals surface area contributed by atoms with Crippen LogP contribution >= 0.6 is 0 Å². The van der Waals surface area contributed by atoms with Crippen molar-refractivity contribution in [2.75, 3.05) is 32.7 Å². The van der Waals surface area contributed by atoms with E-state index in [1.54, 1.807) is 35.2 Å². The van der Waals surface area contributed by atoms with E-state index in [-0.39, 0.29) is 17.2 Å². The van der Waals surface area contributed by atoms with E-state index in [1.807, 2.05) is 0 Å². The molecule has 1 amide bonds. The molecule has 0 N–H and O–H groups in total. The van der Waals surface area contributed by atoms with Crippen LogP contribution in [0.5, 0.6) is 0 Å². The highest BCUT2D eigenvalue weighted by Gasteiger charge is 2.32. The lowest BCUT2D eigenvalue weighted by atomic mass is 10.1. The molecule has 0 bridgehead atoms. The second-order valence-corrected chi connectivity index (χ2v) is 6.27. The van der Waals surface area contributed by atoms with Crippen LogP contribution in [0.1, 0.15) is 17.3 Å². The number of rotatable bonds is 4. The molecular weight excluding hydrogens is 345 g/mol. The van der Waals surface area contributed by atoms with E-state index in [4.69, 9.17) is 0 Å². The minimum atomic E-state index is -4.41. The van der Waals surface area contributed by atoms with Gasteiger partial charge >= 0.3 is 6.18 Å². The largest absolute Gasteiger partial charge is 0.408 e. The van der Waals surface area contributed by atoms with Crippen molar-refractivity contribution in [1.82, 2.24) is 19.6 Å².